The van der Waals surface area contributed by atoms with Crippen molar-refractivity contribution in [3.8, 4) is 0 Å². The number of rotatable bonds is 11. The third-order valence-electron chi connectivity index (χ3n) is 5.98. The molecule has 3 aromatic rings. The van der Waals surface area contributed by atoms with Crippen molar-refractivity contribution in [1.82, 2.24) is 10.2 Å². The van der Waals surface area contributed by atoms with E-state index in [0.717, 1.165) is 26.3 Å². The summed E-state index contributed by atoms with van der Waals surface area (Å²) in [6, 6.07) is 17.1. The zero-order valence-corrected chi connectivity index (χ0v) is 25.7. The minimum atomic E-state index is -4.21. The van der Waals surface area contributed by atoms with Crippen LogP contribution in [0.2, 0.25) is 10.0 Å². The van der Waals surface area contributed by atoms with Crippen molar-refractivity contribution in [2.75, 3.05) is 17.4 Å². The lowest BCUT2D eigenvalue weighted by molar-refractivity contribution is -0.139. The predicted molar refractivity (Wildman–Crippen MR) is 160 cm³/mol. The topological polar surface area (TPSA) is 86.8 Å². The van der Waals surface area contributed by atoms with Gasteiger partial charge in [-0.05, 0) is 68.3 Å². The fraction of sp³-hybridized carbons (Fsp3) is 0.286. The lowest BCUT2D eigenvalue weighted by Gasteiger charge is -2.32. The zero-order valence-electron chi connectivity index (χ0n) is 21.8. The number of hydrogen-bond donors (Lipinski definition) is 1. The Hall–Kier alpha value is -2.59. The summed E-state index contributed by atoms with van der Waals surface area (Å²) in [6.45, 7) is 5.37. The lowest BCUT2D eigenvalue weighted by Crippen LogP contribution is -2.51. The van der Waals surface area contributed by atoms with Gasteiger partial charge in [-0.3, -0.25) is 13.9 Å². The molecule has 11 heteroatoms. The molecular weight excluding hydrogens is 625 g/mol. The molecule has 0 bridgehead atoms. The molecule has 3 aromatic carbocycles. The van der Waals surface area contributed by atoms with Crippen molar-refractivity contribution in [3.63, 3.8) is 0 Å². The highest BCUT2D eigenvalue weighted by Crippen LogP contribution is 2.30. The van der Waals surface area contributed by atoms with Gasteiger partial charge in [0.15, 0.2) is 0 Å². The van der Waals surface area contributed by atoms with E-state index in [9.17, 15) is 18.0 Å². The first kappa shape index (κ1) is 30.9. The van der Waals surface area contributed by atoms with Gasteiger partial charge in [0.05, 0.1) is 10.6 Å². The third kappa shape index (κ3) is 8.20. The highest BCUT2D eigenvalue weighted by molar-refractivity contribution is 9.10. The van der Waals surface area contributed by atoms with Crippen molar-refractivity contribution in [1.29, 1.82) is 0 Å². The van der Waals surface area contributed by atoms with Crippen LogP contribution in [-0.2, 0) is 26.2 Å². The molecule has 0 aliphatic heterocycles. The van der Waals surface area contributed by atoms with Gasteiger partial charge in [0, 0.05) is 27.6 Å². The molecule has 1 atom stereocenters. The Morgan fingerprint density at radius 2 is 1.64 bits per heavy atom. The molecule has 7 nitrogen and oxygen atoms in total. The van der Waals surface area contributed by atoms with Crippen LogP contribution < -0.4 is 9.62 Å². The van der Waals surface area contributed by atoms with Crippen molar-refractivity contribution < 1.29 is 18.0 Å². The predicted octanol–water partition coefficient (Wildman–Crippen LogP) is 6.20. The maximum atomic E-state index is 13.9. The SMILES string of the molecule is CCCNC(=O)[C@@H](C)N(Cc1cccc(Br)c1)C(=O)CN(c1cc(Cl)cc(Cl)c1)S(=O)(=O)c1ccc(C)cc1. The number of nitrogens with one attached hydrogen (secondary N) is 1. The average Bonchev–Trinajstić information content (AvgIpc) is 2.88. The second kappa shape index (κ2) is 13.7. The third-order valence-corrected chi connectivity index (χ3v) is 8.70. The molecular formula is C28H30BrCl2N3O4S. The van der Waals surface area contributed by atoms with E-state index >= 15 is 0 Å². The van der Waals surface area contributed by atoms with Gasteiger partial charge in [-0.2, -0.15) is 0 Å². The fourth-order valence-corrected chi connectivity index (χ4v) is 6.22. The number of carbonyl (C=O) groups excluding carboxylic acids is 2. The highest BCUT2D eigenvalue weighted by atomic mass is 79.9. The molecule has 0 spiro atoms. The molecule has 0 saturated heterocycles. The lowest BCUT2D eigenvalue weighted by atomic mass is 10.1. The van der Waals surface area contributed by atoms with Crippen LogP contribution in [-0.4, -0.2) is 44.3 Å². The summed E-state index contributed by atoms with van der Waals surface area (Å²) < 4.78 is 29.5. The molecule has 0 unspecified atom stereocenters. The van der Waals surface area contributed by atoms with E-state index in [1.165, 1.54) is 35.2 Å². The van der Waals surface area contributed by atoms with Gasteiger partial charge >= 0.3 is 0 Å². The summed E-state index contributed by atoms with van der Waals surface area (Å²) in [4.78, 5) is 28.2. The summed E-state index contributed by atoms with van der Waals surface area (Å²) >= 11 is 15.9. The maximum absolute atomic E-state index is 13.9. The number of hydrogen-bond acceptors (Lipinski definition) is 4. The number of anilines is 1. The molecule has 0 aliphatic rings. The van der Waals surface area contributed by atoms with Crippen LogP contribution in [0.3, 0.4) is 0 Å². The molecule has 0 saturated carbocycles. The Morgan fingerprint density at radius 1 is 1.00 bits per heavy atom. The largest absolute Gasteiger partial charge is 0.354 e. The molecule has 0 aromatic heterocycles. The van der Waals surface area contributed by atoms with Gasteiger partial charge in [0.25, 0.3) is 10.0 Å². The summed E-state index contributed by atoms with van der Waals surface area (Å²) in [5, 5.41) is 3.25. The monoisotopic (exact) mass is 653 g/mol. The van der Waals surface area contributed by atoms with E-state index in [0.29, 0.717) is 6.54 Å². The molecule has 2 amide bonds. The van der Waals surface area contributed by atoms with E-state index < -0.39 is 28.5 Å². The molecule has 0 radical (unpaired) electrons. The molecule has 39 heavy (non-hydrogen) atoms. The van der Waals surface area contributed by atoms with Crippen molar-refractivity contribution >= 4 is 66.7 Å². The van der Waals surface area contributed by atoms with Gasteiger partial charge in [-0.1, -0.05) is 75.9 Å². The van der Waals surface area contributed by atoms with Crippen LogP contribution in [0, 0.1) is 6.92 Å². The molecule has 208 valence electrons. The highest BCUT2D eigenvalue weighted by Gasteiger charge is 2.32. The van der Waals surface area contributed by atoms with Gasteiger partial charge in [0.1, 0.15) is 12.6 Å². The Bertz CT molecular complexity index is 1410. The summed E-state index contributed by atoms with van der Waals surface area (Å²) in [7, 11) is -4.21. The minimum Gasteiger partial charge on any atom is -0.354 e. The van der Waals surface area contributed by atoms with Crippen LogP contribution in [0.25, 0.3) is 0 Å². The molecule has 0 aliphatic carbocycles. The van der Waals surface area contributed by atoms with Crippen molar-refractivity contribution in [2.24, 2.45) is 0 Å². The zero-order chi connectivity index (χ0) is 28.7. The van der Waals surface area contributed by atoms with Gasteiger partial charge in [-0.15, -0.1) is 0 Å². The molecule has 1 N–H and O–H groups in total. The maximum Gasteiger partial charge on any atom is 0.264 e. The van der Waals surface area contributed by atoms with Gasteiger partial charge < -0.3 is 10.2 Å². The number of carbonyl (C=O) groups is 2. The number of amides is 2. The molecule has 3 rings (SSSR count). The first-order chi connectivity index (χ1) is 18.4. The van der Waals surface area contributed by atoms with E-state index in [4.69, 9.17) is 23.2 Å². The van der Waals surface area contributed by atoms with Gasteiger partial charge in [0.2, 0.25) is 11.8 Å². The Morgan fingerprint density at radius 3 is 2.23 bits per heavy atom. The van der Waals surface area contributed by atoms with Crippen molar-refractivity contribution in [3.05, 3.63) is 92.4 Å². The Kier molecular flexibility index (Phi) is 10.8. The first-order valence-electron chi connectivity index (χ1n) is 12.3. The number of aryl methyl sites for hydroxylation is 1. The number of halogens is 3. The Labute approximate surface area is 248 Å². The normalized spacial score (nSPS) is 12.1. The summed E-state index contributed by atoms with van der Waals surface area (Å²) in [6.07, 6.45) is 0.732. The summed E-state index contributed by atoms with van der Waals surface area (Å²) in [5.74, 6) is -0.903. The van der Waals surface area contributed by atoms with Crippen LogP contribution in [0.15, 0.2) is 76.1 Å². The number of nitrogens with zero attached hydrogens (tertiary/aromatic N) is 2. The molecule has 0 heterocycles. The standard InChI is InChI=1S/C28H30BrCl2N3O4S/c1-4-12-32-28(36)20(3)33(17-21-6-5-7-22(29)13-21)27(35)18-34(25-15-23(30)14-24(31)16-25)39(37,38)26-10-8-19(2)9-11-26/h5-11,13-16,20H,4,12,17-18H2,1-3H3,(H,32,36)/t20-/m1/s1. The van der Waals surface area contributed by atoms with Crippen LogP contribution in [0.4, 0.5) is 5.69 Å². The van der Waals surface area contributed by atoms with Crippen molar-refractivity contribution in [2.45, 2.75) is 44.7 Å². The van der Waals surface area contributed by atoms with Crippen LogP contribution >= 0.6 is 39.1 Å². The Balaban J connectivity index is 2.05. The fourth-order valence-electron chi connectivity index (χ4n) is 3.86. The number of benzene rings is 3. The van der Waals surface area contributed by atoms with E-state index in [1.807, 2.05) is 38.1 Å². The smallest absolute Gasteiger partial charge is 0.264 e. The van der Waals surface area contributed by atoms with E-state index in [2.05, 4.69) is 21.2 Å². The van der Waals surface area contributed by atoms with Crippen LogP contribution in [0.5, 0.6) is 0 Å². The van der Waals surface area contributed by atoms with E-state index in [1.54, 1.807) is 19.1 Å². The molecule has 0 fully saturated rings. The van der Waals surface area contributed by atoms with E-state index in [-0.39, 0.29) is 33.1 Å². The number of sulfonamides is 1. The quantitative estimate of drug-likeness (QED) is 0.267. The summed E-state index contributed by atoms with van der Waals surface area (Å²) in [5.41, 5.74) is 1.79. The van der Waals surface area contributed by atoms with Crippen LogP contribution in [0.1, 0.15) is 31.4 Å². The second-order valence-corrected chi connectivity index (χ2v) is 12.7. The average molecular weight is 655 g/mol. The first-order valence-corrected chi connectivity index (χ1v) is 15.3. The van der Waals surface area contributed by atoms with Gasteiger partial charge in [-0.25, -0.2) is 8.42 Å². The second-order valence-electron chi connectivity index (χ2n) is 9.07. The minimum absolute atomic E-state index is 0.00396.